The number of anilines is 1. The van der Waals surface area contributed by atoms with E-state index in [0.717, 1.165) is 39.0 Å². The highest BCUT2D eigenvalue weighted by atomic mass is 32.1. The molecule has 1 N–H and O–H groups in total. The number of thiophene rings is 1. The van der Waals surface area contributed by atoms with Crippen LogP contribution in [0.1, 0.15) is 22.7 Å². The zero-order valence-electron chi connectivity index (χ0n) is 19.8. The average molecular weight is 490 g/mol. The standard InChI is InChI=1S/C29H23N5OS/c1-18-17-36-26-7-5-19(12-23(18)26)24-13-22(14-25-29(24)32-11-10-31-25)34-28(20-4-3-9-30-15-20)21-6-8-27(35-2)33-16-21/h3-17,28,34H,1-2H3. The molecule has 4 heterocycles. The minimum absolute atomic E-state index is 0.166. The van der Waals surface area contributed by atoms with E-state index in [9.17, 15) is 0 Å². The van der Waals surface area contributed by atoms with E-state index in [4.69, 9.17) is 4.74 Å². The number of methoxy groups -OCH3 is 1. The van der Waals surface area contributed by atoms with Crippen LogP contribution in [0.5, 0.6) is 5.88 Å². The van der Waals surface area contributed by atoms with Crippen LogP contribution in [-0.2, 0) is 0 Å². The second-order valence-corrected chi connectivity index (χ2v) is 9.49. The Morgan fingerprint density at radius 3 is 2.58 bits per heavy atom. The summed E-state index contributed by atoms with van der Waals surface area (Å²) in [4.78, 5) is 18.1. The third kappa shape index (κ3) is 4.14. The fourth-order valence-electron chi connectivity index (χ4n) is 4.46. The summed E-state index contributed by atoms with van der Waals surface area (Å²) in [6.45, 7) is 2.15. The molecular formula is C29H23N5OS. The molecule has 0 aliphatic carbocycles. The molecule has 6 aromatic rings. The summed E-state index contributed by atoms with van der Waals surface area (Å²) >= 11 is 1.77. The van der Waals surface area contributed by atoms with Crippen LogP contribution in [0.3, 0.4) is 0 Å². The minimum Gasteiger partial charge on any atom is -0.481 e. The number of nitrogens with zero attached hydrogens (tertiary/aromatic N) is 4. The van der Waals surface area contributed by atoms with Gasteiger partial charge in [-0.1, -0.05) is 12.1 Å². The molecule has 0 amide bonds. The molecule has 1 unspecified atom stereocenters. The van der Waals surface area contributed by atoms with Crippen LogP contribution in [-0.4, -0.2) is 27.0 Å². The Bertz CT molecular complexity index is 1670. The van der Waals surface area contributed by atoms with Crippen molar-refractivity contribution >= 4 is 38.1 Å². The van der Waals surface area contributed by atoms with Gasteiger partial charge < -0.3 is 10.1 Å². The van der Waals surface area contributed by atoms with Crippen molar-refractivity contribution in [3.63, 3.8) is 0 Å². The van der Waals surface area contributed by atoms with Gasteiger partial charge in [-0.3, -0.25) is 15.0 Å². The predicted molar refractivity (Wildman–Crippen MR) is 146 cm³/mol. The summed E-state index contributed by atoms with van der Waals surface area (Å²) in [6.07, 6.45) is 8.96. The number of pyridine rings is 2. The van der Waals surface area contributed by atoms with E-state index in [0.29, 0.717) is 5.88 Å². The number of hydrogen-bond donors (Lipinski definition) is 1. The fourth-order valence-corrected chi connectivity index (χ4v) is 5.38. The smallest absolute Gasteiger partial charge is 0.212 e. The van der Waals surface area contributed by atoms with E-state index < -0.39 is 0 Å². The molecule has 0 aliphatic rings. The van der Waals surface area contributed by atoms with Crippen LogP contribution in [0.4, 0.5) is 5.69 Å². The number of ether oxygens (including phenoxy) is 1. The number of fused-ring (bicyclic) bond motifs is 2. The molecule has 7 heteroatoms. The molecule has 0 fully saturated rings. The molecule has 4 aromatic heterocycles. The molecule has 36 heavy (non-hydrogen) atoms. The highest BCUT2D eigenvalue weighted by Gasteiger charge is 2.17. The monoisotopic (exact) mass is 489 g/mol. The molecule has 2 aromatic carbocycles. The lowest BCUT2D eigenvalue weighted by Crippen LogP contribution is -2.13. The lowest BCUT2D eigenvalue weighted by atomic mass is 9.98. The molecule has 0 saturated heterocycles. The van der Waals surface area contributed by atoms with E-state index in [1.54, 1.807) is 37.0 Å². The van der Waals surface area contributed by atoms with Crippen molar-refractivity contribution in [3.8, 4) is 17.0 Å². The van der Waals surface area contributed by atoms with Gasteiger partial charge in [0, 0.05) is 53.0 Å². The maximum absolute atomic E-state index is 5.26. The third-order valence-corrected chi connectivity index (χ3v) is 7.36. The van der Waals surface area contributed by atoms with Crippen molar-refractivity contribution in [1.82, 2.24) is 19.9 Å². The van der Waals surface area contributed by atoms with Crippen LogP contribution < -0.4 is 10.1 Å². The molecule has 0 radical (unpaired) electrons. The van der Waals surface area contributed by atoms with Crippen molar-refractivity contribution in [2.75, 3.05) is 12.4 Å². The van der Waals surface area contributed by atoms with Gasteiger partial charge in [-0.2, -0.15) is 0 Å². The van der Waals surface area contributed by atoms with Gasteiger partial charge in [-0.25, -0.2) is 4.98 Å². The van der Waals surface area contributed by atoms with Crippen molar-refractivity contribution in [2.45, 2.75) is 13.0 Å². The van der Waals surface area contributed by atoms with Gasteiger partial charge >= 0.3 is 0 Å². The largest absolute Gasteiger partial charge is 0.481 e. The van der Waals surface area contributed by atoms with Gasteiger partial charge in [0.2, 0.25) is 5.88 Å². The summed E-state index contributed by atoms with van der Waals surface area (Å²) in [7, 11) is 1.62. The Kier molecular flexibility index (Phi) is 5.75. The normalized spacial score (nSPS) is 12.1. The summed E-state index contributed by atoms with van der Waals surface area (Å²) < 4.78 is 6.54. The van der Waals surface area contributed by atoms with E-state index >= 15 is 0 Å². The van der Waals surface area contributed by atoms with Crippen molar-refractivity contribution in [1.29, 1.82) is 0 Å². The SMILES string of the molecule is COc1ccc(C(Nc2cc(-c3ccc4scc(C)c4c3)c3nccnc3c2)c2cccnc2)cn1. The molecule has 176 valence electrons. The first kappa shape index (κ1) is 22.1. The Labute approximate surface area is 212 Å². The van der Waals surface area contributed by atoms with E-state index in [1.807, 2.05) is 36.7 Å². The van der Waals surface area contributed by atoms with Crippen molar-refractivity contribution in [2.24, 2.45) is 0 Å². The van der Waals surface area contributed by atoms with Gasteiger partial charge in [-0.15, -0.1) is 11.3 Å². The molecule has 6 rings (SSSR count). The van der Waals surface area contributed by atoms with Gasteiger partial charge in [0.25, 0.3) is 0 Å². The predicted octanol–water partition coefficient (Wildman–Crippen LogP) is 6.82. The Morgan fingerprint density at radius 2 is 1.78 bits per heavy atom. The van der Waals surface area contributed by atoms with E-state index in [1.165, 1.54) is 15.6 Å². The highest BCUT2D eigenvalue weighted by molar-refractivity contribution is 7.17. The quantitative estimate of drug-likeness (QED) is 0.277. The van der Waals surface area contributed by atoms with Gasteiger partial charge in [0.05, 0.1) is 24.2 Å². The van der Waals surface area contributed by atoms with Crippen LogP contribution in [0, 0.1) is 6.92 Å². The Hall–Kier alpha value is -4.36. The number of aryl methyl sites for hydroxylation is 1. The number of aromatic nitrogens is 4. The molecule has 1 atom stereocenters. The first-order valence-electron chi connectivity index (χ1n) is 11.6. The third-order valence-electron chi connectivity index (χ3n) is 6.28. The van der Waals surface area contributed by atoms with Crippen LogP contribution >= 0.6 is 11.3 Å². The topological polar surface area (TPSA) is 72.8 Å². The average Bonchev–Trinajstić information content (AvgIpc) is 3.31. The van der Waals surface area contributed by atoms with Gasteiger partial charge in [0.15, 0.2) is 0 Å². The maximum Gasteiger partial charge on any atom is 0.212 e. The zero-order valence-corrected chi connectivity index (χ0v) is 20.7. The first-order chi connectivity index (χ1) is 17.7. The summed E-state index contributed by atoms with van der Waals surface area (Å²) in [5.41, 5.74) is 8.10. The van der Waals surface area contributed by atoms with Gasteiger partial charge in [-0.05, 0) is 76.3 Å². The number of hydrogen-bond acceptors (Lipinski definition) is 7. The van der Waals surface area contributed by atoms with Crippen LogP contribution in [0.25, 0.3) is 32.2 Å². The van der Waals surface area contributed by atoms with Crippen molar-refractivity contribution < 1.29 is 4.74 Å². The lowest BCUT2D eigenvalue weighted by molar-refractivity contribution is 0.397. The fraction of sp³-hybridized carbons (Fsp3) is 0.103. The van der Waals surface area contributed by atoms with E-state index in [-0.39, 0.29) is 6.04 Å². The molecule has 0 bridgehead atoms. The van der Waals surface area contributed by atoms with Crippen molar-refractivity contribution in [3.05, 3.63) is 108 Å². The zero-order chi connectivity index (χ0) is 24.5. The number of rotatable bonds is 6. The second-order valence-electron chi connectivity index (χ2n) is 8.58. The summed E-state index contributed by atoms with van der Waals surface area (Å²) in [6, 6.07) is 18.5. The lowest BCUT2D eigenvalue weighted by Gasteiger charge is -2.21. The number of benzene rings is 2. The van der Waals surface area contributed by atoms with Crippen LogP contribution in [0.2, 0.25) is 0 Å². The summed E-state index contributed by atoms with van der Waals surface area (Å²) in [5.74, 6) is 0.575. The van der Waals surface area contributed by atoms with Crippen LogP contribution in [0.15, 0.2) is 91.0 Å². The molecule has 0 aliphatic heterocycles. The number of nitrogens with one attached hydrogen (secondary N) is 1. The van der Waals surface area contributed by atoms with Gasteiger partial charge in [0.1, 0.15) is 0 Å². The minimum atomic E-state index is -0.166. The molecular weight excluding hydrogens is 466 g/mol. The molecule has 6 nitrogen and oxygen atoms in total. The Balaban J connectivity index is 1.48. The first-order valence-corrected chi connectivity index (χ1v) is 12.5. The second kappa shape index (κ2) is 9.36. The Morgan fingerprint density at radius 1 is 0.889 bits per heavy atom. The molecule has 0 spiro atoms. The summed E-state index contributed by atoms with van der Waals surface area (Å²) in [5, 5.41) is 7.18. The maximum atomic E-state index is 5.26. The molecule has 0 saturated carbocycles. The highest BCUT2D eigenvalue weighted by Crippen LogP contribution is 2.36. The van der Waals surface area contributed by atoms with E-state index in [2.05, 4.69) is 67.9 Å².